The third-order valence-electron chi connectivity index (χ3n) is 4.53. The van der Waals surface area contributed by atoms with E-state index in [9.17, 15) is 10.1 Å². The maximum Gasteiger partial charge on any atom is 0.290 e. The molecule has 24 heavy (non-hydrogen) atoms. The molecular formula is C18H15N5O. The van der Waals surface area contributed by atoms with Gasteiger partial charge in [-0.1, -0.05) is 12.1 Å². The quantitative estimate of drug-likeness (QED) is 0.747. The molecule has 1 aliphatic heterocycles. The van der Waals surface area contributed by atoms with Crippen LogP contribution in [0.25, 0.3) is 11.0 Å². The lowest BCUT2D eigenvalue weighted by Crippen LogP contribution is -2.39. The van der Waals surface area contributed by atoms with Gasteiger partial charge in [-0.15, -0.1) is 0 Å². The van der Waals surface area contributed by atoms with Crippen molar-refractivity contribution in [1.29, 1.82) is 5.26 Å². The van der Waals surface area contributed by atoms with Crippen LogP contribution in [0.2, 0.25) is 0 Å². The van der Waals surface area contributed by atoms with Crippen molar-refractivity contribution < 1.29 is 4.79 Å². The van der Waals surface area contributed by atoms with Crippen molar-refractivity contribution in [2.75, 3.05) is 6.54 Å². The molecule has 0 saturated heterocycles. The molecule has 0 saturated carbocycles. The van der Waals surface area contributed by atoms with Gasteiger partial charge < -0.3 is 9.88 Å². The number of aromatic nitrogens is 3. The molecule has 1 amide bonds. The normalized spacial score (nSPS) is 16.7. The second kappa shape index (κ2) is 5.46. The third-order valence-corrected chi connectivity index (χ3v) is 4.53. The van der Waals surface area contributed by atoms with E-state index in [-0.39, 0.29) is 17.8 Å². The molecule has 1 atom stereocenters. The highest BCUT2D eigenvalue weighted by Crippen LogP contribution is 2.29. The second-order valence-electron chi connectivity index (χ2n) is 5.86. The van der Waals surface area contributed by atoms with Crippen molar-refractivity contribution in [2.45, 2.75) is 19.4 Å². The topological polar surface area (TPSA) is 85.7 Å². The van der Waals surface area contributed by atoms with E-state index >= 15 is 0 Å². The predicted octanol–water partition coefficient (Wildman–Crippen LogP) is 2.59. The smallest absolute Gasteiger partial charge is 0.290 e. The van der Waals surface area contributed by atoms with Gasteiger partial charge in [0.05, 0.1) is 17.1 Å². The third kappa shape index (κ3) is 2.14. The summed E-state index contributed by atoms with van der Waals surface area (Å²) in [6, 6.07) is 11.2. The molecule has 118 valence electrons. The maximum absolute atomic E-state index is 12.9. The number of amides is 1. The summed E-state index contributed by atoms with van der Waals surface area (Å²) in [6.07, 6.45) is 2.52. The summed E-state index contributed by atoms with van der Waals surface area (Å²) in [5, 5.41) is 9.18. The number of H-pyrrole nitrogens is 1. The number of nitrogens with zero attached hydrogens (tertiary/aromatic N) is 4. The summed E-state index contributed by atoms with van der Waals surface area (Å²) in [6.45, 7) is 2.60. The Morgan fingerprint density at radius 3 is 3.08 bits per heavy atom. The highest BCUT2D eigenvalue weighted by atomic mass is 16.2. The van der Waals surface area contributed by atoms with Crippen LogP contribution in [0.1, 0.15) is 40.4 Å². The van der Waals surface area contributed by atoms with E-state index in [1.165, 1.54) is 0 Å². The highest BCUT2D eigenvalue weighted by molar-refractivity contribution is 5.95. The standard InChI is InChI=1S/C18H15N5O/c1-11-13-5-3-8-20-14(13)7-9-23(11)18(24)17-21-15-6-2-4-12(10-19)16(15)22-17/h2-6,8,11H,7,9H2,1H3,(H,21,22). The van der Waals surface area contributed by atoms with Crippen molar-refractivity contribution in [3.05, 3.63) is 59.2 Å². The van der Waals surface area contributed by atoms with Crippen LogP contribution >= 0.6 is 0 Å². The molecule has 3 aromatic rings. The predicted molar refractivity (Wildman–Crippen MR) is 88.2 cm³/mol. The van der Waals surface area contributed by atoms with Gasteiger partial charge in [0.2, 0.25) is 0 Å². The molecule has 4 rings (SSSR count). The van der Waals surface area contributed by atoms with Crippen LogP contribution in [-0.2, 0) is 6.42 Å². The van der Waals surface area contributed by atoms with Crippen molar-refractivity contribution >= 4 is 16.9 Å². The van der Waals surface area contributed by atoms with Gasteiger partial charge in [0.15, 0.2) is 5.82 Å². The molecule has 0 aliphatic carbocycles. The number of para-hydroxylation sites is 1. The van der Waals surface area contributed by atoms with Crippen molar-refractivity contribution in [3.63, 3.8) is 0 Å². The molecule has 0 spiro atoms. The molecular weight excluding hydrogens is 302 g/mol. The number of pyridine rings is 1. The van der Waals surface area contributed by atoms with Gasteiger partial charge in [-0.25, -0.2) is 4.98 Å². The van der Waals surface area contributed by atoms with Gasteiger partial charge in [-0.3, -0.25) is 9.78 Å². The minimum absolute atomic E-state index is 0.0569. The first-order chi connectivity index (χ1) is 11.7. The lowest BCUT2D eigenvalue weighted by Gasteiger charge is -2.34. The van der Waals surface area contributed by atoms with Gasteiger partial charge in [-0.05, 0) is 30.7 Å². The largest absolute Gasteiger partial charge is 0.334 e. The van der Waals surface area contributed by atoms with E-state index in [0.29, 0.717) is 23.1 Å². The Hall–Kier alpha value is -3.20. The number of imidazole rings is 1. The zero-order chi connectivity index (χ0) is 16.7. The van der Waals surface area contributed by atoms with E-state index in [0.717, 1.165) is 17.7 Å². The average molecular weight is 317 g/mol. The minimum atomic E-state index is -0.155. The average Bonchev–Trinajstić information content (AvgIpc) is 3.06. The zero-order valence-corrected chi connectivity index (χ0v) is 13.2. The number of carbonyl (C=O) groups is 1. The fourth-order valence-electron chi connectivity index (χ4n) is 3.26. The van der Waals surface area contributed by atoms with Gasteiger partial charge in [0.25, 0.3) is 5.91 Å². The number of benzene rings is 1. The monoisotopic (exact) mass is 317 g/mol. The minimum Gasteiger partial charge on any atom is -0.334 e. The van der Waals surface area contributed by atoms with Crippen LogP contribution < -0.4 is 0 Å². The highest BCUT2D eigenvalue weighted by Gasteiger charge is 2.30. The summed E-state index contributed by atoms with van der Waals surface area (Å²) >= 11 is 0. The molecule has 3 heterocycles. The number of aromatic amines is 1. The molecule has 6 heteroatoms. The number of rotatable bonds is 1. The Bertz CT molecular complexity index is 984. The second-order valence-corrected chi connectivity index (χ2v) is 5.86. The Kier molecular flexibility index (Phi) is 3.28. The van der Waals surface area contributed by atoms with Crippen molar-refractivity contribution in [1.82, 2.24) is 19.9 Å². The summed E-state index contributed by atoms with van der Waals surface area (Å²) in [5.41, 5.74) is 3.82. The molecule has 2 aromatic heterocycles. The van der Waals surface area contributed by atoms with Gasteiger partial charge in [0, 0.05) is 24.9 Å². The van der Waals surface area contributed by atoms with E-state index in [4.69, 9.17) is 0 Å². The van der Waals surface area contributed by atoms with Crippen molar-refractivity contribution in [2.24, 2.45) is 0 Å². The Labute approximate surface area is 138 Å². The SMILES string of the molecule is CC1c2cccnc2CCN1C(=O)c1nc2c(C#N)cccc2[nH]1. The first-order valence-electron chi connectivity index (χ1n) is 7.82. The van der Waals surface area contributed by atoms with E-state index in [2.05, 4.69) is 21.0 Å². The summed E-state index contributed by atoms with van der Waals surface area (Å²) in [5.74, 6) is 0.115. The van der Waals surface area contributed by atoms with E-state index < -0.39 is 0 Å². The Morgan fingerprint density at radius 2 is 2.25 bits per heavy atom. The van der Waals surface area contributed by atoms with Gasteiger partial charge in [0.1, 0.15) is 11.6 Å². The van der Waals surface area contributed by atoms with E-state index in [1.54, 1.807) is 23.2 Å². The van der Waals surface area contributed by atoms with Crippen LogP contribution in [0.3, 0.4) is 0 Å². The molecule has 0 fully saturated rings. The van der Waals surface area contributed by atoms with Gasteiger partial charge in [-0.2, -0.15) is 5.26 Å². The molecule has 1 aromatic carbocycles. The van der Waals surface area contributed by atoms with E-state index in [1.807, 2.05) is 25.1 Å². The van der Waals surface area contributed by atoms with Crippen LogP contribution in [0.4, 0.5) is 0 Å². The Morgan fingerprint density at radius 1 is 1.38 bits per heavy atom. The zero-order valence-electron chi connectivity index (χ0n) is 13.2. The molecule has 6 nitrogen and oxygen atoms in total. The fraction of sp³-hybridized carbons (Fsp3) is 0.222. The van der Waals surface area contributed by atoms with Crippen LogP contribution in [0, 0.1) is 11.3 Å². The fourth-order valence-corrected chi connectivity index (χ4v) is 3.26. The summed E-state index contributed by atoms with van der Waals surface area (Å²) < 4.78 is 0. The van der Waals surface area contributed by atoms with Gasteiger partial charge >= 0.3 is 0 Å². The number of carbonyl (C=O) groups excluding carboxylic acids is 1. The Balaban J connectivity index is 1.71. The molecule has 0 bridgehead atoms. The lowest BCUT2D eigenvalue weighted by molar-refractivity contribution is 0.0665. The summed E-state index contributed by atoms with van der Waals surface area (Å²) in [7, 11) is 0. The number of hydrogen-bond acceptors (Lipinski definition) is 4. The van der Waals surface area contributed by atoms with Crippen LogP contribution in [0.15, 0.2) is 36.5 Å². The molecule has 1 aliphatic rings. The van der Waals surface area contributed by atoms with Crippen LogP contribution in [-0.4, -0.2) is 32.3 Å². The molecule has 1 N–H and O–H groups in total. The first-order valence-corrected chi connectivity index (χ1v) is 7.82. The summed E-state index contributed by atoms with van der Waals surface area (Å²) in [4.78, 5) is 26.5. The number of nitriles is 1. The molecule has 1 unspecified atom stereocenters. The van der Waals surface area contributed by atoms with Crippen molar-refractivity contribution in [3.8, 4) is 6.07 Å². The number of fused-ring (bicyclic) bond motifs is 2. The lowest BCUT2D eigenvalue weighted by atomic mass is 9.98. The number of nitrogens with one attached hydrogen (secondary N) is 1. The van der Waals surface area contributed by atoms with Crippen LogP contribution in [0.5, 0.6) is 0 Å². The number of hydrogen-bond donors (Lipinski definition) is 1. The first kappa shape index (κ1) is 14.4. The maximum atomic E-state index is 12.9. The molecule has 0 radical (unpaired) electrons.